The van der Waals surface area contributed by atoms with E-state index in [1.54, 1.807) is 6.92 Å². The molecular formula is C13H22N4O2. The van der Waals surface area contributed by atoms with E-state index in [1.807, 2.05) is 0 Å². The molecule has 1 fully saturated rings. The van der Waals surface area contributed by atoms with E-state index in [9.17, 15) is 4.79 Å². The standard InChI is InChI=1S/C13H22N4O2/c1-7-10(14)6-5-9(13(7,3)4)11(18)16-12-15-8(2)17-19-12/h7,9-10H,5-6,14H2,1-4H3,(H,15,16,17,18). The molecule has 1 heterocycles. The van der Waals surface area contributed by atoms with Crippen molar-refractivity contribution in [2.45, 2.75) is 46.6 Å². The van der Waals surface area contributed by atoms with Crippen LogP contribution in [-0.4, -0.2) is 22.1 Å². The third-order valence-electron chi connectivity index (χ3n) is 4.58. The van der Waals surface area contributed by atoms with Crippen molar-refractivity contribution < 1.29 is 9.32 Å². The number of hydrogen-bond acceptors (Lipinski definition) is 5. The molecule has 6 heteroatoms. The topological polar surface area (TPSA) is 94.0 Å². The molecule has 1 aromatic heterocycles. The molecule has 3 atom stereocenters. The molecule has 3 unspecified atom stereocenters. The molecule has 1 aromatic rings. The Bertz CT molecular complexity index is 469. The highest BCUT2D eigenvalue weighted by Gasteiger charge is 2.45. The molecule has 1 saturated carbocycles. The Morgan fingerprint density at radius 2 is 2.16 bits per heavy atom. The zero-order valence-electron chi connectivity index (χ0n) is 11.9. The first kappa shape index (κ1) is 14.0. The minimum Gasteiger partial charge on any atom is -0.327 e. The third-order valence-corrected chi connectivity index (χ3v) is 4.58. The van der Waals surface area contributed by atoms with E-state index in [1.165, 1.54) is 0 Å². The van der Waals surface area contributed by atoms with Gasteiger partial charge in [0.05, 0.1) is 0 Å². The molecule has 0 aromatic carbocycles. The molecule has 19 heavy (non-hydrogen) atoms. The van der Waals surface area contributed by atoms with Gasteiger partial charge in [-0.15, -0.1) is 0 Å². The lowest BCUT2D eigenvalue weighted by Crippen LogP contribution is -2.50. The lowest BCUT2D eigenvalue weighted by molar-refractivity contribution is -0.127. The first-order valence-corrected chi connectivity index (χ1v) is 6.69. The van der Waals surface area contributed by atoms with Gasteiger partial charge >= 0.3 is 6.01 Å². The Kier molecular flexibility index (Phi) is 3.62. The van der Waals surface area contributed by atoms with E-state index in [-0.39, 0.29) is 29.3 Å². The van der Waals surface area contributed by atoms with Gasteiger partial charge in [0, 0.05) is 12.0 Å². The van der Waals surface area contributed by atoms with Crippen LogP contribution < -0.4 is 11.1 Å². The van der Waals surface area contributed by atoms with E-state index < -0.39 is 0 Å². The van der Waals surface area contributed by atoms with Crippen molar-refractivity contribution in [2.24, 2.45) is 23.0 Å². The second-order valence-corrected chi connectivity index (χ2v) is 6.04. The molecule has 1 aliphatic carbocycles. The summed E-state index contributed by atoms with van der Waals surface area (Å²) >= 11 is 0. The van der Waals surface area contributed by atoms with E-state index in [4.69, 9.17) is 10.3 Å². The van der Waals surface area contributed by atoms with Crippen LogP contribution in [0.25, 0.3) is 0 Å². The van der Waals surface area contributed by atoms with Crippen molar-refractivity contribution in [1.82, 2.24) is 10.1 Å². The van der Waals surface area contributed by atoms with Gasteiger partial charge in [-0.1, -0.05) is 25.9 Å². The molecule has 1 aliphatic rings. The molecule has 0 spiro atoms. The first-order chi connectivity index (χ1) is 8.82. The third kappa shape index (κ3) is 2.63. The summed E-state index contributed by atoms with van der Waals surface area (Å²) in [6, 6.07) is 0.325. The van der Waals surface area contributed by atoms with Crippen LogP contribution in [0.1, 0.15) is 39.4 Å². The zero-order valence-corrected chi connectivity index (χ0v) is 11.9. The molecule has 2 rings (SSSR count). The van der Waals surface area contributed by atoms with Crippen molar-refractivity contribution in [3.8, 4) is 0 Å². The summed E-state index contributed by atoms with van der Waals surface area (Å²) in [4.78, 5) is 16.4. The van der Waals surface area contributed by atoms with Crippen LogP contribution in [0.4, 0.5) is 6.01 Å². The van der Waals surface area contributed by atoms with Crippen LogP contribution in [-0.2, 0) is 4.79 Å². The molecule has 6 nitrogen and oxygen atoms in total. The fourth-order valence-corrected chi connectivity index (χ4v) is 2.86. The summed E-state index contributed by atoms with van der Waals surface area (Å²) in [6.07, 6.45) is 1.66. The number of aryl methyl sites for hydroxylation is 1. The highest BCUT2D eigenvalue weighted by molar-refractivity contribution is 5.91. The number of anilines is 1. The van der Waals surface area contributed by atoms with E-state index in [0.29, 0.717) is 11.7 Å². The minimum atomic E-state index is -0.142. The lowest BCUT2D eigenvalue weighted by Gasteiger charge is -2.45. The number of nitrogens with one attached hydrogen (secondary N) is 1. The summed E-state index contributed by atoms with van der Waals surface area (Å²) < 4.78 is 4.92. The number of aromatic nitrogens is 2. The zero-order chi connectivity index (χ0) is 14.2. The largest absolute Gasteiger partial charge is 0.328 e. The Morgan fingerprint density at radius 3 is 2.74 bits per heavy atom. The van der Waals surface area contributed by atoms with Crippen molar-refractivity contribution in [1.29, 1.82) is 0 Å². The Balaban J connectivity index is 2.10. The number of hydrogen-bond donors (Lipinski definition) is 2. The van der Waals surface area contributed by atoms with Gasteiger partial charge in [0.2, 0.25) is 5.91 Å². The van der Waals surface area contributed by atoms with Gasteiger partial charge in [-0.25, -0.2) is 0 Å². The van der Waals surface area contributed by atoms with Crippen molar-refractivity contribution in [3.05, 3.63) is 5.82 Å². The number of amides is 1. The maximum atomic E-state index is 12.4. The number of carbonyl (C=O) groups excluding carboxylic acids is 1. The van der Waals surface area contributed by atoms with Crippen LogP contribution >= 0.6 is 0 Å². The van der Waals surface area contributed by atoms with Gasteiger partial charge in [0.25, 0.3) is 0 Å². The average molecular weight is 266 g/mol. The van der Waals surface area contributed by atoms with Gasteiger partial charge < -0.3 is 10.3 Å². The number of nitrogens with two attached hydrogens (primary N) is 1. The van der Waals surface area contributed by atoms with Gasteiger partial charge in [0.15, 0.2) is 5.82 Å². The predicted molar refractivity (Wildman–Crippen MR) is 71.3 cm³/mol. The second kappa shape index (κ2) is 4.92. The summed E-state index contributed by atoms with van der Waals surface area (Å²) in [5.41, 5.74) is 5.96. The fraction of sp³-hybridized carbons (Fsp3) is 0.769. The molecule has 106 valence electrons. The smallest absolute Gasteiger partial charge is 0.327 e. The minimum absolute atomic E-state index is 0.0626. The number of nitrogens with zero attached hydrogens (tertiary/aromatic N) is 2. The van der Waals surface area contributed by atoms with Crippen molar-refractivity contribution in [2.75, 3.05) is 5.32 Å². The first-order valence-electron chi connectivity index (χ1n) is 6.69. The second-order valence-electron chi connectivity index (χ2n) is 6.04. The number of rotatable bonds is 2. The average Bonchev–Trinajstić information content (AvgIpc) is 2.71. The van der Waals surface area contributed by atoms with Crippen LogP contribution in [0.2, 0.25) is 0 Å². The molecule has 0 saturated heterocycles. The Hall–Kier alpha value is -1.43. The highest BCUT2D eigenvalue weighted by Crippen LogP contribution is 2.44. The summed E-state index contributed by atoms with van der Waals surface area (Å²) in [7, 11) is 0. The molecule has 0 radical (unpaired) electrons. The van der Waals surface area contributed by atoms with Crippen molar-refractivity contribution >= 4 is 11.9 Å². The van der Waals surface area contributed by atoms with Crippen LogP contribution in [0.3, 0.4) is 0 Å². The molecule has 0 bridgehead atoms. The van der Waals surface area contributed by atoms with Crippen LogP contribution in [0, 0.1) is 24.2 Å². The van der Waals surface area contributed by atoms with Crippen LogP contribution in [0.15, 0.2) is 4.52 Å². The summed E-state index contributed by atoms with van der Waals surface area (Å²) in [5.74, 6) is 0.650. The lowest BCUT2D eigenvalue weighted by atomic mass is 9.61. The monoisotopic (exact) mass is 266 g/mol. The van der Waals surface area contributed by atoms with Gasteiger partial charge in [-0.05, 0) is 31.1 Å². The molecule has 0 aliphatic heterocycles. The molecular weight excluding hydrogens is 244 g/mol. The van der Waals surface area contributed by atoms with Crippen molar-refractivity contribution in [3.63, 3.8) is 0 Å². The van der Waals surface area contributed by atoms with Gasteiger partial charge in [0.1, 0.15) is 0 Å². The molecule has 1 amide bonds. The maximum Gasteiger partial charge on any atom is 0.328 e. The normalized spacial score (nSPS) is 30.1. The SMILES string of the molecule is Cc1noc(NC(=O)C2CCC(N)C(C)C2(C)C)n1. The summed E-state index contributed by atoms with van der Waals surface area (Å²) in [6.45, 7) is 8.02. The fourth-order valence-electron chi connectivity index (χ4n) is 2.86. The van der Waals surface area contributed by atoms with Gasteiger partial charge in [-0.2, -0.15) is 4.98 Å². The molecule has 3 N–H and O–H groups in total. The quantitative estimate of drug-likeness (QED) is 0.850. The summed E-state index contributed by atoms with van der Waals surface area (Å²) in [5, 5.41) is 6.36. The Morgan fingerprint density at radius 1 is 1.47 bits per heavy atom. The van der Waals surface area contributed by atoms with Gasteiger partial charge in [-0.3, -0.25) is 10.1 Å². The highest BCUT2D eigenvalue weighted by atomic mass is 16.5. The van der Waals surface area contributed by atoms with E-state index >= 15 is 0 Å². The number of carbonyl (C=O) groups is 1. The predicted octanol–water partition coefficient (Wildman–Crippen LogP) is 1.72. The maximum absolute atomic E-state index is 12.4. The van der Waals surface area contributed by atoms with E-state index in [0.717, 1.165) is 12.8 Å². The van der Waals surface area contributed by atoms with E-state index in [2.05, 4.69) is 36.2 Å². The van der Waals surface area contributed by atoms with Crippen LogP contribution in [0.5, 0.6) is 0 Å². The Labute approximate surface area is 113 Å².